The Bertz CT molecular complexity index is 885. The lowest BCUT2D eigenvalue weighted by Crippen LogP contribution is -2.06. The summed E-state index contributed by atoms with van der Waals surface area (Å²) < 4.78 is 11.3. The molecule has 1 aliphatic rings. The van der Waals surface area contributed by atoms with E-state index in [1.54, 1.807) is 18.2 Å². The van der Waals surface area contributed by atoms with Crippen molar-refractivity contribution in [3.63, 3.8) is 0 Å². The monoisotopic (exact) mass is 324 g/mol. The third kappa shape index (κ3) is 2.58. The van der Waals surface area contributed by atoms with E-state index in [4.69, 9.17) is 21.1 Å². The van der Waals surface area contributed by atoms with Crippen LogP contribution in [0.3, 0.4) is 0 Å². The van der Waals surface area contributed by atoms with Crippen molar-refractivity contribution in [2.24, 2.45) is 0 Å². The number of hydrogen-bond acceptors (Lipinski definition) is 3. The highest BCUT2D eigenvalue weighted by atomic mass is 35.5. The number of cyclic esters (lactones) is 1. The molecule has 1 saturated heterocycles. The topological polar surface area (TPSA) is 35.5 Å². The molecule has 23 heavy (non-hydrogen) atoms. The normalized spacial score (nSPS) is 20.7. The van der Waals surface area contributed by atoms with Crippen LogP contribution in [0.5, 0.6) is 0 Å². The fourth-order valence-electron chi connectivity index (χ4n) is 2.85. The number of rotatable bonds is 2. The first-order chi connectivity index (χ1) is 11.2. The highest BCUT2D eigenvalue weighted by molar-refractivity contribution is 6.30. The van der Waals surface area contributed by atoms with Crippen molar-refractivity contribution in [3.8, 4) is 0 Å². The molecular formula is C19H13ClO3. The Kier molecular flexibility index (Phi) is 3.52. The zero-order valence-corrected chi connectivity index (χ0v) is 12.9. The van der Waals surface area contributed by atoms with Gasteiger partial charge in [-0.2, -0.15) is 0 Å². The number of hydrogen-bond donors (Lipinski definition) is 0. The molecule has 0 bridgehead atoms. The summed E-state index contributed by atoms with van der Waals surface area (Å²) in [7, 11) is 0. The van der Waals surface area contributed by atoms with Gasteiger partial charge in [-0.15, -0.1) is 0 Å². The van der Waals surface area contributed by atoms with Crippen LogP contribution in [0.15, 0.2) is 66.7 Å². The van der Waals surface area contributed by atoms with E-state index in [1.807, 2.05) is 48.5 Å². The van der Waals surface area contributed by atoms with E-state index in [-0.39, 0.29) is 0 Å². The summed E-state index contributed by atoms with van der Waals surface area (Å²) >= 11 is 5.99. The second kappa shape index (κ2) is 5.69. The molecule has 1 aliphatic heterocycles. The minimum Gasteiger partial charge on any atom is -0.429 e. The van der Waals surface area contributed by atoms with E-state index in [0.717, 1.165) is 16.3 Å². The van der Waals surface area contributed by atoms with Gasteiger partial charge in [0.1, 0.15) is 0 Å². The lowest BCUT2D eigenvalue weighted by atomic mass is 10.0. The molecule has 1 fully saturated rings. The number of benzene rings is 3. The molecule has 0 spiro atoms. The minimum absolute atomic E-state index is 0.398. The van der Waals surface area contributed by atoms with E-state index in [0.29, 0.717) is 10.6 Å². The predicted octanol–water partition coefficient (Wildman–Crippen LogP) is 4.81. The van der Waals surface area contributed by atoms with Crippen LogP contribution in [0.4, 0.5) is 0 Å². The lowest BCUT2D eigenvalue weighted by molar-refractivity contribution is -0.144. The van der Waals surface area contributed by atoms with E-state index in [2.05, 4.69) is 0 Å². The van der Waals surface area contributed by atoms with Crippen molar-refractivity contribution >= 4 is 28.3 Å². The standard InChI is InChI=1S/C19H13ClO3/c20-14-8-3-7-13(11-14)17-18(21)23-19(22-17)16-10-4-6-12-5-1-2-9-15(12)16/h1-11,17,19H/t17-,19-/m1/s1. The summed E-state index contributed by atoms with van der Waals surface area (Å²) in [5, 5.41) is 2.66. The number of carbonyl (C=O) groups is 1. The maximum absolute atomic E-state index is 12.2. The van der Waals surface area contributed by atoms with Crippen LogP contribution in [0, 0.1) is 0 Å². The highest BCUT2D eigenvalue weighted by Crippen LogP contribution is 2.39. The average molecular weight is 325 g/mol. The fourth-order valence-corrected chi connectivity index (χ4v) is 3.05. The Balaban J connectivity index is 1.70. The van der Waals surface area contributed by atoms with E-state index in [1.165, 1.54) is 0 Å². The summed E-state index contributed by atoms with van der Waals surface area (Å²) in [5.41, 5.74) is 1.55. The molecule has 4 rings (SSSR count). The van der Waals surface area contributed by atoms with Gasteiger partial charge in [-0.25, -0.2) is 4.79 Å². The van der Waals surface area contributed by atoms with Gasteiger partial charge in [0.25, 0.3) is 0 Å². The molecule has 0 amide bonds. The van der Waals surface area contributed by atoms with Gasteiger partial charge >= 0.3 is 5.97 Å². The molecule has 0 N–H and O–H groups in total. The number of esters is 1. The SMILES string of the molecule is O=C1O[C@H](c2cccc3ccccc23)O[C@@H]1c1cccc(Cl)c1. The van der Waals surface area contributed by atoms with Crippen LogP contribution >= 0.6 is 11.6 Å². The Hall–Kier alpha value is -2.36. The van der Waals surface area contributed by atoms with Gasteiger partial charge < -0.3 is 9.47 Å². The number of fused-ring (bicyclic) bond motifs is 1. The summed E-state index contributed by atoms with van der Waals surface area (Å²) in [4.78, 5) is 12.2. The molecule has 1 heterocycles. The van der Waals surface area contributed by atoms with Crippen molar-refractivity contribution in [2.45, 2.75) is 12.4 Å². The fraction of sp³-hybridized carbons (Fsp3) is 0.105. The first-order valence-electron chi connectivity index (χ1n) is 7.31. The van der Waals surface area contributed by atoms with Gasteiger partial charge in [-0.1, -0.05) is 66.2 Å². The van der Waals surface area contributed by atoms with Gasteiger partial charge in [0, 0.05) is 10.6 Å². The Morgan fingerprint density at radius 2 is 1.70 bits per heavy atom. The van der Waals surface area contributed by atoms with Crippen LogP contribution in [-0.2, 0) is 14.3 Å². The Morgan fingerprint density at radius 3 is 2.57 bits per heavy atom. The second-order valence-electron chi connectivity index (χ2n) is 5.41. The lowest BCUT2D eigenvalue weighted by Gasteiger charge is -2.12. The maximum atomic E-state index is 12.2. The average Bonchev–Trinajstić information content (AvgIpc) is 2.96. The summed E-state index contributed by atoms with van der Waals surface area (Å²) in [6.07, 6.45) is -1.46. The van der Waals surface area contributed by atoms with Gasteiger partial charge in [0.05, 0.1) is 0 Å². The molecule has 0 saturated carbocycles. The summed E-state index contributed by atoms with van der Waals surface area (Å²) in [6.45, 7) is 0. The number of ether oxygens (including phenoxy) is 2. The van der Waals surface area contributed by atoms with E-state index in [9.17, 15) is 4.79 Å². The van der Waals surface area contributed by atoms with Gasteiger partial charge in [-0.3, -0.25) is 0 Å². The maximum Gasteiger partial charge on any atom is 0.342 e. The van der Waals surface area contributed by atoms with Crippen molar-refractivity contribution in [1.29, 1.82) is 0 Å². The molecule has 0 unspecified atom stereocenters. The van der Waals surface area contributed by atoms with Gasteiger partial charge in [-0.05, 0) is 28.5 Å². The zero-order valence-electron chi connectivity index (χ0n) is 12.1. The van der Waals surface area contributed by atoms with Crippen LogP contribution < -0.4 is 0 Å². The highest BCUT2D eigenvalue weighted by Gasteiger charge is 2.38. The predicted molar refractivity (Wildman–Crippen MR) is 88.1 cm³/mol. The largest absolute Gasteiger partial charge is 0.429 e. The number of carbonyl (C=O) groups excluding carboxylic acids is 1. The molecule has 0 radical (unpaired) electrons. The first-order valence-corrected chi connectivity index (χ1v) is 7.69. The quantitative estimate of drug-likeness (QED) is 0.635. The van der Waals surface area contributed by atoms with Crippen molar-refractivity contribution in [3.05, 3.63) is 82.9 Å². The third-order valence-electron chi connectivity index (χ3n) is 3.93. The molecule has 3 aromatic carbocycles. The van der Waals surface area contributed by atoms with Crippen LogP contribution in [0.1, 0.15) is 23.5 Å². The van der Waals surface area contributed by atoms with Crippen LogP contribution in [0.2, 0.25) is 5.02 Å². The molecule has 2 atom stereocenters. The number of halogens is 1. The van der Waals surface area contributed by atoms with Crippen molar-refractivity contribution in [2.75, 3.05) is 0 Å². The molecule has 3 aromatic rings. The molecule has 4 heteroatoms. The third-order valence-corrected chi connectivity index (χ3v) is 4.16. The van der Waals surface area contributed by atoms with Crippen LogP contribution in [0.25, 0.3) is 10.8 Å². The summed E-state index contributed by atoms with van der Waals surface area (Å²) in [6, 6.07) is 20.9. The van der Waals surface area contributed by atoms with Gasteiger partial charge in [0.2, 0.25) is 6.29 Å². The smallest absolute Gasteiger partial charge is 0.342 e. The molecule has 0 aromatic heterocycles. The van der Waals surface area contributed by atoms with Crippen molar-refractivity contribution < 1.29 is 14.3 Å². The molecular weight excluding hydrogens is 312 g/mol. The van der Waals surface area contributed by atoms with E-state index >= 15 is 0 Å². The van der Waals surface area contributed by atoms with Crippen LogP contribution in [-0.4, -0.2) is 5.97 Å². The second-order valence-corrected chi connectivity index (χ2v) is 5.84. The minimum atomic E-state index is -0.752. The van der Waals surface area contributed by atoms with Gasteiger partial charge in [0.15, 0.2) is 6.10 Å². The Morgan fingerprint density at radius 1 is 0.913 bits per heavy atom. The first kappa shape index (κ1) is 14.2. The molecule has 3 nitrogen and oxygen atoms in total. The molecule has 114 valence electrons. The summed E-state index contributed by atoms with van der Waals surface area (Å²) in [5.74, 6) is -0.398. The van der Waals surface area contributed by atoms with E-state index < -0.39 is 18.4 Å². The zero-order chi connectivity index (χ0) is 15.8. The molecule has 0 aliphatic carbocycles. The Labute approximate surface area is 138 Å². The van der Waals surface area contributed by atoms with Crippen molar-refractivity contribution in [1.82, 2.24) is 0 Å².